The number of benzene rings is 1. The topological polar surface area (TPSA) is 77.0 Å². The Kier molecular flexibility index (Phi) is 6.31. The number of hydrogen-bond donors (Lipinski definition) is 1. The predicted molar refractivity (Wildman–Crippen MR) is 102 cm³/mol. The molecule has 0 atom stereocenters. The van der Waals surface area contributed by atoms with Gasteiger partial charge >= 0.3 is 0 Å². The third-order valence-corrected chi connectivity index (χ3v) is 5.70. The molecule has 3 aromatic rings. The molecule has 1 N–H and O–H groups in total. The van der Waals surface area contributed by atoms with Crippen molar-refractivity contribution in [1.29, 1.82) is 0 Å². The van der Waals surface area contributed by atoms with E-state index in [9.17, 15) is 9.18 Å². The highest BCUT2D eigenvalue weighted by molar-refractivity contribution is 8.01. The summed E-state index contributed by atoms with van der Waals surface area (Å²) in [4.78, 5) is 16.5. The minimum Gasteiger partial charge on any atom is -0.486 e. The van der Waals surface area contributed by atoms with Crippen LogP contribution in [0.4, 0.5) is 9.52 Å². The quantitative estimate of drug-likeness (QED) is 0.341. The summed E-state index contributed by atoms with van der Waals surface area (Å²) in [6.07, 6.45) is 1.77. The average Bonchev–Trinajstić information content (AvgIpc) is 3.29. The second kappa shape index (κ2) is 8.88. The molecule has 0 saturated heterocycles. The van der Waals surface area contributed by atoms with Crippen LogP contribution in [0.15, 0.2) is 46.6 Å². The van der Waals surface area contributed by atoms with Gasteiger partial charge in [-0.2, -0.15) is 0 Å². The van der Waals surface area contributed by atoms with Crippen molar-refractivity contribution in [3.05, 3.63) is 58.8 Å². The Morgan fingerprint density at radius 3 is 2.92 bits per heavy atom. The average molecular weight is 409 g/mol. The number of carbonyl (C=O) groups is 1. The number of nitrogens with one attached hydrogen (secondary N) is 1. The lowest BCUT2D eigenvalue weighted by Crippen LogP contribution is -2.12. The normalized spacial score (nSPS) is 10.5. The van der Waals surface area contributed by atoms with E-state index in [1.54, 1.807) is 11.5 Å². The van der Waals surface area contributed by atoms with Crippen molar-refractivity contribution >= 4 is 45.5 Å². The molecule has 0 fully saturated rings. The number of nitrogens with zero attached hydrogens (tertiary/aromatic N) is 3. The molecule has 2 aromatic heterocycles. The zero-order chi connectivity index (χ0) is 18.4. The van der Waals surface area contributed by atoms with Crippen LogP contribution in [0, 0.1) is 5.82 Å². The molecular weight excluding hydrogens is 395 g/mol. The Labute approximate surface area is 161 Å². The van der Waals surface area contributed by atoms with E-state index in [1.807, 2.05) is 0 Å². The predicted octanol–water partition coefficient (Wildman–Crippen LogP) is 4.24. The van der Waals surface area contributed by atoms with Crippen LogP contribution in [0.3, 0.4) is 0 Å². The van der Waals surface area contributed by atoms with Gasteiger partial charge in [-0.3, -0.25) is 10.1 Å². The summed E-state index contributed by atoms with van der Waals surface area (Å²) < 4.78 is 19.1. The summed E-state index contributed by atoms with van der Waals surface area (Å²) in [5.74, 6) is 0.580. The van der Waals surface area contributed by atoms with Crippen molar-refractivity contribution in [2.24, 2.45) is 0 Å². The van der Waals surface area contributed by atoms with Gasteiger partial charge in [0, 0.05) is 11.1 Å². The monoisotopic (exact) mass is 408 g/mol. The number of anilines is 1. The maximum Gasteiger partial charge on any atom is 0.276 e. The van der Waals surface area contributed by atoms with Gasteiger partial charge in [-0.1, -0.05) is 29.2 Å². The van der Waals surface area contributed by atoms with Crippen LogP contribution in [0.2, 0.25) is 0 Å². The lowest BCUT2D eigenvalue weighted by atomic mass is 10.3. The molecule has 26 heavy (non-hydrogen) atoms. The third kappa shape index (κ3) is 5.10. The van der Waals surface area contributed by atoms with Crippen molar-refractivity contribution in [2.45, 2.75) is 10.9 Å². The zero-order valence-electron chi connectivity index (χ0n) is 13.3. The Bertz CT molecular complexity index is 895. The van der Waals surface area contributed by atoms with Gasteiger partial charge in [-0.05, 0) is 24.3 Å². The fourth-order valence-electron chi connectivity index (χ4n) is 1.77. The van der Waals surface area contributed by atoms with Gasteiger partial charge in [-0.25, -0.2) is 9.37 Å². The van der Waals surface area contributed by atoms with E-state index in [1.165, 1.54) is 58.7 Å². The fourth-order valence-corrected chi connectivity index (χ4v) is 3.96. The van der Waals surface area contributed by atoms with Crippen molar-refractivity contribution < 1.29 is 13.9 Å². The first kappa shape index (κ1) is 18.5. The molecule has 6 nitrogen and oxygen atoms in total. The molecule has 0 spiro atoms. The first-order valence-corrected chi connectivity index (χ1v) is 10.0. The summed E-state index contributed by atoms with van der Waals surface area (Å²) >= 11 is 4.10. The van der Waals surface area contributed by atoms with Crippen LogP contribution in [-0.2, 0) is 6.61 Å². The molecule has 0 aliphatic carbocycles. The molecule has 134 valence electrons. The molecule has 0 saturated carbocycles. The summed E-state index contributed by atoms with van der Waals surface area (Å²) in [5.41, 5.74) is 0.281. The van der Waals surface area contributed by atoms with Crippen molar-refractivity contribution in [1.82, 2.24) is 15.2 Å². The number of ether oxygens (including phenoxy) is 1. The van der Waals surface area contributed by atoms with Gasteiger partial charge < -0.3 is 4.74 Å². The molecule has 0 unspecified atom stereocenters. The molecule has 0 aliphatic heterocycles. The minimum absolute atomic E-state index is 0.199. The van der Waals surface area contributed by atoms with E-state index >= 15 is 0 Å². The van der Waals surface area contributed by atoms with Crippen molar-refractivity contribution in [3.8, 4) is 5.75 Å². The molecule has 1 aromatic carbocycles. The zero-order valence-corrected chi connectivity index (χ0v) is 15.8. The molecule has 10 heteroatoms. The van der Waals surface area contributed by atoms with Gasteiger partial charge in [0.15, 0.2) is 4.34 Å². The van der Waals surface area contributed by atoms with Crippen LogP contribution >= 0.6 is 34.4 Å². The maximum atomic E-state index is 12.9. The Morgan fingerprint density at radius 2 is 2.15 bits per heavy atom. The van der Waals surface area contributed by atoms with E-state index in [4.69, 9.17) is 4.74 Å². The van der Waals surface area contributed by atoms with Crippen molar-refractivity contribution in [2.75, 3.05) is 11.1 Å². The van der Waals surface area contributed by atoms with Gasteiger partial charge in [0.2, 0.25) is 5.13 Å². The lowest BCUT2D eigenvalue weighted by molar-refractivity contribution is 0.102. The Morgan fingerprint density at radius 1 is 1.35 bits per heavy atom. The van der Waals surface area contributed by atoms with Crippen LogP contribution in [0.25, 0.3) is 0 Å². The molecule has 0 aliphatic rings. The summed E-state index contributed by atoms with van der Waals surface area (Å²) in [5, 5.41) is 13.3. The van der Waals surface area contributed by atoms with Gasteiger partial charge in [-0.15, -0.1) is 28.1 Å². The number of hydrogen-bond acceptors (Lipinski definition) is 8. The Balaban J connectivity index is 1.54. The van der Waals surface area contributed by atoms with Crippen LogP contribution in [-0.4, -0.2) is 26.8 Å². The molecule has 1 amide bonds. The highest BCUT2D eigenvalue weighted by Gasteiger charge is 2.14. The van der Waals surface area contributed by atoms with E-state index < -0.39 is 0 Å². The standard InChI is InChI=1S/C16H13FN4O2S3/c1-2-7-24-16-21-20-15(26-16)19-14(22)12-9-25-13(18-12)8-23-11-5-3-10(17)4-6-11/h2-6,9H,1,7-8H2,(H,19,20,22). The van der Waals surface area contributed by atoms with Crippen LogP contribution < -0.4 is 10.1 Å². The van der Waals surface area contributed by atoms with E-state index in [0.29, 0.717) is 15.9 Å². The van der Waals surface area contributed by atoms with Crippen LogP contribution in [0.5, 0.6) is 5.75 Å². The summed E-state index contributed by atoms with van der Waals surface area (Å²) in [7, 11) is 0. The summed E-state index contributed by atoms with van der Waals surface area (Å²) in [6.45, 7) is 3.84. The Hall–Kier alpha value is -2.30. The van der Waals surface area contributed by atoms with Crippen molar-refractivity contribution in [3.63, 3.8) is 0 Å². The smallest absolute Gasteiger partial charge is 0.276 e. The number of rotatable bonds is 8. The number of thiazole rings is 1. The summed E-state index contributed by atoms with van der Waals surface area (Å²) in [6, 6.07) is 5.71. The number of aromatic nitrogens is 3. The molecule has 0 radical (unpaired) electrons. The van der Waals surface area contributed by atoms with E-state index in [2.05, 4.69) is 27.1 Å². The SMILES string of the molecule is C=CCSc1nnc(NC(=O)c2csc(COc3ccc(F)cc3)n2)s1. The molecular formula is C16H13FN4O2S3. The molecule has 3 rings (SSSR count). The fraction of sp³-hybridized carbons (Fsp3) is 0.125. The highest BCUT2D eigenvalue weighted by Crippen LogP contribution is 2.25. The largest absolute Gasteiger partial charge is 0.486 e. The number of halogens is 1. The number of amides is 1. The van der Waals surface area contributed by atoms with E-state index in [-0.39, 0.29) is 24.0 Å². The van der Waals surface area contributed by atoms with Gasteiger partial charge in [0.05, 0.1) is 0 Å². The van der Waals surface area contributed by atoms with E-state index in [0.717, 1.165) is 10.1 Å². The molecule has 2 heterocycles. The van der Waals surface area contributed by atoms with Crippen LogP contribution in [0.1, 0.15) is 15.5 Å². The minimum atomic E-state index is -0.356. The molecule has 0 bridgehead atoms. The number of carbonyl (C=O) groups excluding carboxylic acids is 1. The highest BCUT2D eigenvalue weighted by atomic mass is 32.2. The van der Waals surface area contributed by atoms with Gasteiger partial charge in [0.25, 0.3) is 5.91 Å². The lowest BCUT2D eigenvalue weighted by Gasteiger charge is -2.03. The van der Waals surface area contributed by atoms with Gasteiger partial charge in [0.1, 0.15) is 28.9 Å². The maximum absolute atomic E-state index is 12.9. The second-order valence-corrected chi connectivity index (χ2v) is 7.98. The third-order valence-electron chi connectivity index (χ3n) is 2.91. The number of thioether (sulfide) groups is 1. The second-order valence-electron chi connectivity index (χ2n) is 4.80. The first-order chi connectivity index (χ1) is 12.6. The first-order valence-electron chi connectivity index (χ1n) is 7.35.